The topological polar surface area (TPSA) is 56.7 Å². The molecule has 2 N–H and O–H groups in total. The average molecular weight is 260 g/mol. The molecule has 1 aromatic rings. The van der Waals surface area contributed by atoms with Crippen LogP contribution in [0.1, 0.15) is 50.0 Å². The number of hydrogen-bond acceptors (Lipinski definition) is 3. The maximum Gasteiger partial charge on any atom is 0.282 e. The summed E-state index contributed by atoms with van der Waals surface area (Å²) >= 11 is 4.71. The third kappa shape index (κ3) is 2.15. The molecule has 1 unspecified atom stereocenters. The normalized spacial score (nSPS) is 18.1. The van der Waals surface area contributed by atoms with Crippen molar-refractivity contribution in [2.24, 2.45) is 11.7 Å². The maximum atomic E-state index is 13.0. The number of aromatic nitrogens is 3. The van der Waals surface area contributed by atoms with E-state index in [1.165, 1.54) is 4.68 Å². The summed E-state index contributed by atoms with van der Waals surface area (Å²) in [4.78, 5) is -0.132. The molecule has 0 bridgehead atoms. The van der Waals surface area contributed by atoms with Gasteiger partial charge in [0.05, 0.1) is 6.04 Å². The second-order valence-electron chi connectivity index (χ2n) is 4.36. The Bertz CT molecular complexity index is 428. The molecule has 1 aliphatic rings. The van der Waals surface area contributed by atoms with Gasteiger partial charge in [-0.2, -0.15) is 0 Å². The third-order valence-corrected chi connectivity index (χ3v) is 3.58. The number of alkyl halides is 2. The molecule has 1 aliphatic carbocycles. The molecule has 0 saturated heterocycles. The van der Waals surface area contributed by atoms with E-state index in [1.807, 2.05) is 6.92 Å². The van der Waals surface area contributed by atoms with E-state index in [1.54, 1.807) is 0 Å². The predicted octanol–water partition coefficient (Wildman–Crippen LogP) is 2.21. The standard InChI is InChI=1S/C10H14F2N4S/c1-5(6-3-2-4-6)16-8(9(11)12)7(10(13)17)14-15-16/h5-6,9H,2-4H2,1H3,(H2,13,17). The van der Waals surface area contributed by atoms with Crippen LogP contribution >= 0.6 is 12.2 Å². The highest BCUT2D eigenvalue weighted by atomic mass is 32.1. The first-order valence-electron chi connectivity index (χ1n) is 5.55. The predicted molar refractivity (Wildman–Crippen MR) is 62.9 cm³/mol. The van der Waals surface area contributed by atoms with Gasteiger partial charge in [0.1, 0.15) is 16.4 Å². The fourth-order valence-electron chi connectivity index (χ4n) is 2.10. The lowest BCUT2D eigenvalue weighted by Crippen LogP contribution is -2.25. The van der Waals surface area contributed by atoms with Gasteiger partial charge in [-0.05, 0) is 25.7 Å². The molecule has 7 heteroatoms. The van der Waals surface area contributed by atoms with Gasteiger partial charge in [0.2, 0.25) is 0 Å². The number of halogens is 2. The average Bonchev–Trinajstić information content (AvgIpc) is 2.58. The summed E-state index contributed by atoms with van der Waals surface area (Å²) in [5, 5.41) is 7.45. The molecule has 2 rings (SSSR count). The summed E-state index contributed by atoms with van der Waals surface area (Å²) in [5.41, 5.74) is 5.06. The zero-order chi connectivity index (χ0) is 12.6. The van der Waals surface area contributed by atoms with Gasteiger partial charge >= 0.3 is 0 Å². The molecule has 17 heavy (non-hydrogen) atoms. The Balaban J connectivity index is 2.35. The fraction of sp³-hybridized carbons (Fsp3) is 0.700. The number of nitrogens with two attached hydrogens (primary N) is 1. The SMILES string of the molecule is CC(C1CCC1)n1nnc(C(N)=S)c1C(F)F. The van der Waals surface area contributed by atoms with E-state index in [2.05, 4.69) is 10.3 Å². The molecule has 0 spiro atoms. The van der Waals surface area contributed by atoms with Gasteiger partial charge in [0.25, 0.3) is 6.43 Å². The highest BCUT2D eigenvalue weighted by Crippen LogP contribution is 2.37. The van der Waals surface area contributed by atoms with E-state index in [9.17, 15) is 8.78 Å². The van der Waals surface area contributed by atoms with Crippen molar-refractivity contribution in [1.82, 2.24) is 15.0 Å². The zero-order valence-corrected chi connectivity index (χ0v) is 10.3. The Hall–Kier alpha value is -1.11. The minimum atomic E-state index is -2.66. The van der Waals surface area contributed by atoms with E-state index < -0.39 is 6.43 Å². The minimum absolute atomic E-state index is 0.0545. The van der Waals surface area contributed by atoms with Gasteiger partial charge in [-0.3, -0.25) is 0 Å². The summed E-state index contributed by atoms with van der Waals surface area (Å²) in [6, 6.07) is -0.0802. The largest absolute Gasteiger partial charge is 0.388 e. The molecule has 1 atom stereocenters. The van der Waals surface area contributed by atoms with Gasteiger partial charge in [-0.15, -0.1) is 5.10 Å². The second-order valence-corrected chi connectivity index (χ2v) is 4.80. The van der Waals surface area contributed by atoms with E-state index in [0.29, 0.717) is 5.92 Å². The van der Waals surface area contributed by atoms with Gasteiger partial charge in [0.15, 0.2) is 0 Å². The molecular weight excluding hydrogens is 246 g/mol. The van der Waals surface area contributed by atoms with Crippen LogP contribution in [0.3, 0.4) is 0 Å². The van der Waals surface area contributed by atoms with Crippen LogP contribution in [0.2, 0.25) is 0 Å². The summed E-state index contributed by atoms with van der Waals surface area (Å²) in [6.07, 6.45) is 0.581. The van der Waals surface area contributed by atoms with Gasteiger partial charge in [0, 0.05) is 0 Å². The third-order valence-electron chi connectivity index (χ3n) is 3.39. The van der Waals surface area contributed by atoms with E-state index >= 15 is 0 Å². The minimum Gasteiger partial charge on any atom is -0.388 e. The van der Waals surface area contributed by atoms with Crippen LogP contribution in [0, 0.1) is 5.92 Å². The van der Waals surface area contributed by atoms with E-state index in [4.69, 9.17) is 18.0 Å². The lowest BCUT2D eigenvalue weighted by Gasteiger charge is -2.31. The van der Waals surface area contributed by atoms with E-state index in [0.717, 1.165) is 19.3 Å². The van der Waals surface area contributed by atoms with Crippen LogP contribution in [0.15, 0.2) is 0 Å². The molecule has 94 valence electrons. The first kappa shape index (κ1) is 12.3. The number of thiocarbonyl (C=S) groups is 1. The summed E-state index contributed by atoms with van der Waals surface area (Å²) in [5.74, 6) is 0.397. The molecule has 0 aromatic carbocycles. The molecular formula is C10H14F2N4S. The van der Waals surface area contributed by atoms with Crippen molar-refractivity contribution in [3.8, 4) is 0 Å². The Morgan fingerprint density at radius 2 is 2.18 bits per heavy atom. The van der Waals surface area contributed by atoms with Crippen molar-refractivity contribution in [3.05, 3.63) is 11.4 Å². The Kier molecular flexibility index (Phi) is 3.37. The van der Waals surface area contributed by atoms with Gasteiger partial charge < -0.3 is 5.73 Å². The van der Waals surface area contributed by atoms with Crippen molar-refractivity contribution in [3.63, 3.8) is 0 Å². The molecule has 1 saturated carbocycles. The first-order valence-corrected chi connectivity index (χ1v) is 5.96. The smallest absolute Gasteiger partial charge is 0.282 e. The molecule has 4 nitrogen and oxygen atoms in total. The summed E-state index contributed by atoms with van der Waals surface area (Å²) < 4.78 is 27.3. The lowest BCUT2D eigenvalue weighted by molar-refractivity contribution is 0.124. The van der Waals surface area contributed by atoms with Crippen LogP contribution in [0.4, 0.5) is 8.78 Å². The van der Waals surface area contributed by atoms with Crippen molar-refractivity contribution >= 4 is 17.2 Å². The summed E-state index contributed by atoms with van der Waals surface area (Å²) in [6.45, 7) is 1.88. The number of nitrogens with zero attached hydrogens (tertiary/aromatic N) is 3. The molecule has 0 aliphatic heterocycles. The van der Waals surface area contributed by atoms with Crippen LogP contribution in [-0.2, 0) is 0 Å². The highest BCUT2D eigenvalue weighted by molar-refractivity contribution is 7.80. The van der Waals surface area contributed by atoms with Crippen LogP contribution in [-0.4, -0.2) is 20.0 Å². The molecule has 0 amide bonds. The van der Waals surface area contributed by atoms with Crippen LogP contribution in [0.25, 0.3) is 0 Å². The van der Waals surface area contributed by atoms with Gasteiger partial charge in [-0.25, -0.2) is 13.5 Å². The first-order chi connectivity index (χ1) is 8.02. The summed E-state index contributed by atoms with van der Waals surface area (Å²) in [7, 11) is 0. The fourth-order valence-corrected chi connectivity index (χ4v) is 2.25. The van der Waals surface area contributed by atoms with Crippen molar-refractivity contribution in [2.45, 2.75) is 38.7 Å². The van der Waals surface area contributed by atoms with Crippen LogP contribution < -0.4 is 5.73 Å². The highest BCUT2D eigenvalue weighted by Gasteiger charge is 2.31. The Morgan fingerprint density at radius 3 is 2.59 bits per heavy atom. The van der Waals surface area contributed by atoms with Crippen LogP contribution in [0.5, 0.6) is 0 Å². The van der Waals surface area contributed by atoms with Crippen molar-refractivity contribution in [1.29, 1.82) is 0 Å². The molecule has 1 fully saturated rings. The molecule has 1 heterocycles. The second kappa shape index (κ2) is 4.64. The molecule has 1 aromatic heterocycles. The quantitative estimate of drug-likeness (QED) is 0.843. The monoisotopic (exact) mass is 260 g/mol. The van der Waals surface area contributed by atoms with Crippen molar-refractivity contribution < 1.29 is 8.78 Å². The lowest BCUT2D eigenvalue weighted by atomic mass is 9.80. The number of rotatable bonds is 4. The Morgan fingerprint density at radius 1 is 1.53 bits per heavy atom. The maximum absolute atomic E-state index is 13.0. The van der Waals surface area contributed by atoms with Gasteiger partial charge in [-0.1, -0.05) is 23.9 Å². The molecule has 0 radical (unpaired) electrons. The van der Waals surface area contributed by atoms with E-state index in [-0.39, 0.29) is 22.4 Å². The number of hydrogen-bond donors (Lipinski definition) is 1. The zero-order valence-electron chi connectivity index (χ0n) is 9.44. The Labute approximate surface area is 103 Å². The van der Waals surface area contributed by atoms with Crippen molar-refractivity contribution in [2.75, 3.05) is 0 Å².